The van der Waals surface area contributed by atoms with Crippen molar-refractivity contribution in [2.75, 3.05) is 39.1 Å². The van der Waals surface area contributed by atoms with E-state index in [2.05, 4.69) is 5.32 Å². The summed E-state index contributed by atoms with van der Waals surface area (Å²) in [5.41, 5.74) is 0. The Balaban J connectivity index is 1.93. The second-order valence-corrected chi connectivity index (χ2v) is 7.36. The van der Waals surface area contributed by atoms with Crippen molar-refractivity contribution in [3.05, 3.63) is 0 Å². The molecule has 6 heteroatoms. The van der Waals surface area contributed by atoms with Gasteiger partial charge < -0.3 is 10.1 Å². The van der Waals surface area contributed by atoms with Crippen LogP contribution in [0.1, 0.15) is 25.7 Å². The first-order valence-corrected chi connectivity index (χ1v) is 8.44. The Morgan fingerprint density at radius 3 is 2.83 bits per heavy atom. The summed E-state index contributed by atoms with van der Waals surface area (Å²) in [6.45, 7) is 2.72. The molecule has 2 heterocycles. The molecular weight excluding hydrogens is 252 g/mol. The minimum Gasteiger partial charge on any atom is -0.384 e. The molecule has 18 heavy (non-hydrogen) atoms. The highest BCUT2D eigenvalue weighted by Crippen LogP contribution is 2.26. The minimum atomic E-state index is -3.13. The van der Waals surface area contributed by atoms with Crippen molar-refractivity contribution in [1.82, 2.24) is 9.62 Å². The van der Waals surface area contributed by atoms with Crippen molar-refractivity contribution < 1.29 is 13.2 Å². The molecule has 0 saturated carbocycles. The standard InChI is InChI=1S/C12H24N2O3S/c1-17-8-9-18(15,16)14-7-3-4-11(10-14)12-5-2-6-13-12/h11-13H,2-10H2,1H3. The van der Waals surface area contributed by atoms with Gasteiger partial charge in [-0.25, -0.2) is 12.7 Å². The Labute approximate surface area is 110 Å². The van der Waals surface area contributed by atoms with Gasteiger partial charge >= 0.3 is 0 Å². The summed E-state index contributed by atoms with van der Waals surface area (Å²) in [5, 5.41) is 3.50. The maximum Gasteiger partial charge on any atom is 0.216 e. The van der Waals surface area contributed by atoms with Gasteiger partial charge in [0.25, 0.3) is 0 Å². The fourth-order valence-electron chi connectivity index (χ4n) is 2.99. The van der Waals surface area contributed by atoms with Crippen LogP contribution in [0.15, 0.2) is 0 Å². The zero-order valence-corrected chi connectivity index (χ0v) is 11.9. The van der Waals surface area contributed by atoms with Gasteiger partial charge in [0.15, 0.2) is 0 Å². The summed E-state index contributed by atoms with van der Waals surface area (Å²) in [5.74, 6) is 0.590. The van der Waals surface area contributed by atoms with Gasteiger partial charge in [-0.3, -0.25) is 0 Å². The van der Waals surface area contributed by atoms with Gasteiger partial charge in [-0.05, 0) is 38.1 Å². The van der Waals surface area contributed by atoms with E-state index in [0.29, 0.717) is 25.0 Å². The number of hydrogen-bond donors (Lipinski definition) is 1. The van der Waals surface area contributed by atoms with Crippen LogP contribution < -0.4 is 5.32 Å². The van der Waals surface area contributed by atoms with E-state index in [-0.39, 0.29) is 12.4 Å². The quantitative estimate of drug-likeness (QED) is 0.791. The zero-order chi connectivity index (χ0) is 13.0. The molecule has 2 rings (SSSR count). The topological polar surface area (TPSA) is 58.6 Å². The molecule has 0 aromatic heterocycles. The Morgan fingerprint density at radius 2 is 2.17 bits per heavy atom. The van der Waals surface area contributed by atoms with Crippen molar-refractivity contribution in [2.24, 2.45) is 5.92 Å². The molecule has 0 aliphatic carbocycles. The Hall–Kier alpha value is -0.170. The van der Waals surface area contributed by atoms with Crippen molar-refractivity contribution >= 4 is 10.0 Å². The van der Waals surface area contributed by atoms with Crippen LogP contribution in [0.4, 0.5) is 0 Å². The van der Waals surface area contributed by atoms with Crippen molar-refractivity contribution in [3.63, 3.8) is 0 Å². The average Bonchev–Trinajstić information content (AvgIpc) is 2.90. The van der Waals surface area contributed by atoms with Gasteiger partial charge in [0.1, 0.15) is 0 Å². The predicted octanol–water partition coefficient (Wildman–Crippen LogP) is 0.427. The van der Waals surface area contributed by atoms with Gasteiger partial charge in [0.2, 0.25) is 10.0 Å². The molecule has 5 nitrogen and oxygen atoms in total. The molecule has 0 amide bonds. The van der Waals surface area contributed by atoms with Crippen LogP contribution in [0.5, 0.6) is 0 Å². The number of rotatable bonds is 5. The molecule has 2 saturated heterocycles. The Kier molecular flexibility index (Phi) is 5.00. The van der Waals surface area contributed by atoms with Crippen molar-refractivity contribution in [3.8, 4) is 0 Å². The van der Waals surface area contributed by atoms with E-state index >= 15 is 0 Å². The second-order valence-electron chi connectivity index (χ2n) is 5.27. The first kappa shape index (κ1) is 14.2. The second kappa shape index (κ2) is 6.32. The lowest BCUT2D eigenvalue weighted by Crippen LogP contribution is -2.46. The third-order valence-corrected chi connectivity index (χ3v) is 5.83. The van der Waals surface area contributed by atoms with Crippen LogP contribution in [0.2, 0.25) is 0 Å². The lowest BCUT2D eigenvalue weighted by molar-refractivity contribution is 0.207. The number of sulfonamides is 1. The van der Waals surface area contributed by atoms with Gasteiger partial charge in [0, 0.05) is 26.2 Å². The van der Waals surface area contributed by atoms with Crippen LogP contribution in [0, 0.1) is 5.92 Å². The SMILES string of the molecule is COCCS(=O)(=O)N1CCCC(C2CCCN2)C1. The Bertz CT molecular complexity index is 352. The number of ether oxygens (including phenoxy) is 1. The molecule has 2 atom stereocenters. The number of nitrogens with zero attached hydrogens (tertiary/aromatic N) is 1. The van der Waals surface area contributed by atoms with Gasteiger partial charge in [-0.1, -0.05) is 0 Å². The summed E-state index contributed by atoms with van der Waals surface area (Å²) in [4.78, 5) is 0. The number of methoxy groups -OCH3 is 1. The Morgan fingerprint density at radius 1 is 1.33 bits per heavy atom. The highest BCUT2D eigenvalue weighted by atomic mass is 32.2. The van der Waals surface area contributed by atoms with Crippen LogP contribution in [-0.4, -0.2) is 57.9 Å². The fraction of sp³-hybridized carbons (Fsp3) is 1.00. The van der Waals surface area contributed by atoms with Crippen molar-refractivity contribution in [2.45, 2.75) is 31.7 Å². The van der Waals surface area contributed by atoms with E-state index < -0.39 is 10.0 Å². The first-order chi connectivity index (χ1) is 8.63. The van der Waals surface area contributed by atoms with Crippen molar-refractivity contribution in [1.29, 1.82) is 0 Å². The summed E-state index contributed by atoms with van der Waals surface area (Å²) in [7, 11) is -1.59. The summed E-state index contributed by atoms with van der Waals surface area (Å²) >= 11 is 0. The summed E-state index contributed by atoms with van der Waals surface area (Å²) in [6.07, 6.45) is 4.54. The molecular formula is C12H24N2O3S. The molecule has 0 radical (unpaired) electrons. The maximum atomic E-state index is 12.1. The first-order valence-electron chi connectivity index (χ1n) is 6.83. The highest BCUT2D eigenvalue weighted by molar-refractivity contribution is 7.89. The molecule has 0 spiro atoms. The largest absolute Gasteiger partial charge is 0.384 e. The van der Waals surface area contributed by atoms with E-state index in [9.17, 15) is 8.42 Å². The molecule has 0 bridgehead atoms. The van der Waals surface area contributed by atoms with E-state index in [1.54, 1.807) is 4.31 Å². The van der Waals surface area contributed by atoms with Gasteiger partial charge in [-0.2, -0.15) is 0 Å². The molecule has 2 fully saturated rings. The normalized spacial score (nSPS) is 30.7. The monoisotopic (exact) mass is 276 g/mol. The zero-order valence-electron chi connectivity index (χ0n) is 11.1. The van der Waals surface area contributed by atoms with E-state index in [0.717, 1.165) is 19.4 Å². The highest BCUT2D eigenvalue weighted by Gasteiger charge is 2.33. The van der Waals surface area contributed by atoms with Gasteiger partial charge in [0.05, 0.1) is 12.4 Å². The molecule has 2 aliphatic rings. The summed E-state index contributed by atoms with van der Waals surface area (Å²) < 4.78 is 30.8. The third kappa shape index (κ3) is 3.44. The van der Waals surface area contributed by atoms with Crippen LogP contribution in [0.25, 0.3) is 0 Å². The van der Waals surface area contributed by atoms with Crippen LogP contribution in [0.3, 0.4) is 0 Å². The van der Waals surface area contributed by atoms with E-state index in [4.69, 9.17) is 4.74 Å². The fourth-order valence-corrected chi connectivity index (χ4v) is 4.45. The number of nitrogens with one attached hydrogen (secondary N) is 1. The van der Waals surface area contributed by atoms with E-state index in [1.807, 2.05) is 0 Å². The van der Waals surface area contributed by atoms with Crippen LogP contribution >= 0.6 is 0 Å². The lowest BCUT2D eigenvalue weighted by atomic mass is 9.91. The molecule has 2 unspecified atom stereocenters. The minimum absolute atomic E-state index is 0.105. The number of hydrogen-bond acceptors (Lipinski definition) is 4. The van der Waals surface area contributed by atoms with E-state index in [1.165, 1.54) is 20.0 Å². The van der Waals surface area contributed by atoms with Crippen LogP contribution in [-0.2, 0) is 14.8 Å². The summed E-state index contributed by atoms with van der Waals surface area (Å²) in [6, 6.07) is 0.519. The maximum absolute atomic E-state index is 12.1. The molecule has 1 N–H and O–H groups in total. The molecule has 0 aromatic carbocycles. The number of piperidine rings is 1. The smallest absolute Gasteiger partial charge is 0.216 e. The molecule has 0 aromatic rings. The average molecular weight is 276 g/mol. The molecule has 2 aliphatic heterocycles. The molecule has 106 valence electrons. The lowest BCUT2D eigenvalue weighted by Gasteiger charge is -2.35. The van der Waals surface area contributed by atoms with Gasteiger partial charge in [-0.15, -0.1) is 0 Å². The third-order valence-electron chi connectivity index (χ3n) is 4.03. The predicted molar refractivity (Wildman–Crippen MR) is 71.0 cm³/mol.